The van der Waals surface area contributed by atoms with E-state index in [1.54, 1.807) is 12.1 Å². The minimum Gasteiger partial charge on any atom is -0.475 e. The molecule has 2 aromatic heterocycles. The maximum Gasteiger partial charge on any atom is 0.490 e. The number of aliphatic carboxylic acids is 1. The van der Waals surface area contributed by atoms with Gasteiger partial charge in [-0.25, -0.2) is 41.6 Å². The van der Waals surface area contributed by atoms with Crippen molar-refractivity contribution in [3.8, 4) is 22.5 Å². The molecule has 0 radical (unpaired) electrons. The maximum absolute atomic E-state index is 13.3. The molecular formula is C21H22F3N9O7S3. The summed E-state index contributed by atoms with van der Waals surface area (Å²) >= 11 is 1.25. The number of aromatic nitrogens is 5. The number of para-hydroxylation sites is 1. The number of morpholine rings is 1. The van der Waals surface area contributed by atoms with Crippen LogP contribution in [0.1, 0.15) is 0 Å². The average Bonchev–Trinajstić information content (AvgIpc) is 3.60. The lowest BCUT2D eigenvalue weighted by molar-refractivity contribution is -0.192. The van der Waals surface area contributed by atoms with Crippen LogP contribution in [0.5, 0.6) is 0 Å². The number of nitrogens with zero attached hydrogens (tertiary/aromatic N) is 4. The smallest absolute Gasteiger partial charge is 0.475 e. The first-order valence-electron chi connectivity index (χ1n) is 11.8. The highest BCUT2D eigenvalue weighted by Crippen LogP contribution is 2.41. The molecule has 1 unspecified atom stereocenters. The molecule has 0 amide bonds. The van der Waals surface area contributed by atoms with Gasteiger partial charge in [-0.2, -0.15) is 13.2 Å². The molecule has 4 aromatic rings. The van der Waals surface area contributed by atoms with Gasteiger partial charge >= 0.3 is 12.1 Å². The van der Waals surface area contributed by atoms with Crippen molar-refractivity contribution in [2.45, 2.75) is 22.1 Å². The minimum atomic E-state index is -5.08. The number of primary sulfonamides is 1. The maximum atomic E-state index is 13.3. The Morgan fingerprint density at radius 3 is 2.49 bits per heavy atom. The van der Waals surface area contributed by atoms with Crippen LogP contribution in [0.2, 0.25) is 0 Å². The van der Waals surface area contributed by atoms with Gasteiger partial charge in [0.1, 0.15) is 9.79 Å². The number of carboxylic acids is 1. The summed E-state index contributed by atoms with van der Waals surface area (Å²) in [5.41, 5.74) is 7.08. The Hall–Kier alpha value is -3.80. The molecule has 8 N–H and O–H groups in total. The number of nitrogens with one attached hydrogen (secondary N) is 3. The van der Waals surface area contributed by atoms with Gasteiger partial charge in [0.15, 0.2) is 11.0 Å². The number of ether oxygens (including phenoxy) is 1. The van der Waals surface area contributed by atoms with E-state index in [1.807, 2.05) is 6.07 Å². The number of nitrogens with two attached hydrogens (primary N) is 2. The highest BCUT2D eigenvalue weighted by atomic mass is 32.2. The summed E-state index contributed by atoms with van der Waals surface area (Å²) in [6, 6.07) is 7.91. The summed E-state index contributed by atoms with van der Waals surface area (Å²) in [6.07, 6.45) is -5.50. The van der Waals surface area contributed by atoms with Gasteiger partial charge in [0.2, 0.25) is 20.0 Å². The second-order valence-corrected chi connectivity index (χ2v) is 13.0. The Bertz CT molecular complexity index is 1840. The number of thiazole rings is 1. The van der Waals surface area contributed by atoms with E-state index in [4.69, 9.17) is 25.5 Å². The molecule has 1 aliphatic heterocycles. The van der Waals surface area contributed by atoms with Gasteiger partial charge in [-0.1, -0.05) is 29.5 Å². The second-order valence-electron chi connectivity index (χ2n) is 8.67. The van der Waals surface area contributed by atoms with Gasteiger partial charge in [-0.3, -0.25) is 0 Å². The highest BCUT2D eigenvalue weighted by Gasteiger charge is 2.38. The molecule has 2 aromatic carbocycles. The number of anilines is 1. The normalized spacial score (nSPS) is 16.0. The summed E-state index contributed by atoms with van der Waals surface area (Å²) in [4.78, 5) is 12.0. The third-order valence-corrected chi connectivity index (χ3v) is 9.19. The van der Waals surface area contributed by atoms with Gasteiger partial charge < -0.3 is 20.9 Å². The molecule has 0 saturated carbocycles. The van der Waals surface area contributed by atoms with Crippen LogP contribution in [0.15, 0.2) is 40.1 Å². The second kappa shape index (κ2) is 12.4. The summed E-state index contributed by atoms with van der Waals surface area (Å²) in [5, 5.41) is 29.6. The fraction of sp³-hybridized carbons (Fsp3) is 0.286. The molecule has 43 heavy (non-hydrogen) atoms. The molecule has 1 saturated heterocycles. The monoisotopic (exact) mass is 665 g/mol. The van der Waals surface area contributed by atoms with Gasteiger partial charge in [0.05, 0.1) is 28.5 Å². The van der Waals surface area contributed by atoms with E-state index in [0.717, 1.165) is 4.70 Å². The lowest BCUT2D eigenvalue weighted by atomic mass is 9.98. The Morgan fingerprint density at radius 2 is 1.91 bits per heavy atom. The summed E-state index contributed by atoms with van der Waals surface area (Å²) < 4.78 is 92.9. The zero-order chi connectivity index (χ0) is 31.6. The number of carbonyl (C=O) groups is 1. The molecule has 3 heterocycles. The molecule has 16 nitrogen and oxygen atoms in total. The molecule has 1 atom stereocenters. The first-order valence-corrected chi connectivity index (χ1v) is 15.7. The first-order chi connectivity index (χ1) is 20.1. The van der Waals surface area contributed by atoms with E-state index in [9.17, 15) is 30.0 Å². The Kier molecular flexibility index (Phi) is 9.29. The minimum absolute atomic E-state index is 0.0717. The van der Waals surface area contributed by atoms with E-state index >= 15 is 0 Å². The number of rotatable bonds is 7. The zero-order valence-electron chi connectivity index (χ0n) is 21.5. The van der Waals surface area contributed by atoms with Crippen LogP contribution in [0.3, 0.4) is 0 Å². The van der Waals surface area contributed by atoms with Crippen molar-refractivity contribution in [3.63, 3.8) is 0 Å². The van der Waals surface area contributed by atoms with Crippen LogP contribution in [-0.4, -0.2) is 92.0 Å². The van der Waals surface area contributed by atoms with Crippen molar-refractivity contribution in [2.75, 3.05) is 32.0 Å². The third kappa shape index (κ3) is 7.41. The number of tetrazole rings is 1. The van der Waals surface area contributed by atoms with Crippen molar-refractivity contribution in [1.29, 1.82) is 0 Å². The predicted octanol–water partition coefficient (Wildman–Crippen LogP) is 0.273. The van der Waals surface area contributed by atoms with Crippen molar-refractivity contribution >= 4 is 52.7 Å². The quantitative estimate of drug-likeness (QED) is 0.155. The fourth-order valence-corrected chi connectivity index (χ4v) is 7.43. The molecule has 22 heteroatoms. The van der Waals surface area contributed by atoms with Crippen LogP contribution < -0.4 is 20.9 Å². The topological polar surface area (TPSA) is 258 Å². The van der Waals surface area contributed by atoms with Crippen LogP contribution in [-0.2, 0) is 29.6 Å². The van der Waals surface area contributed by atoms with Gasteiger partial charge in [0.25, 0.3) is 0 Å². The summed E-state index contributed by atoms with van der Waals surface area (Å²) in [7, 11) is -8.97. The van der Waals surface area contributed by atoms with Gasteiger partial charge in [-0.15, -0.1) is 5.10 Å². The Balaban J connectivity index is 0.000000541. The number of aromatic amines is 1. The number of sulfonamides is 2. The number of benzene rings is 2. The molecular weight excluding hydrogens is 643 g/mol. The lowest BCUT2D eigenvalue weighted by Gasteiger charge is -2.24. The van der Waals surface area contributed by atoms with E-state index in [0.29, 0.717) is 41.5 Å². The number of hydrogen-bond donors (Lipinski definition) is 6. The van der Waals surface area contributed by atoms with Gasteiger partial charge in [0, 0.05) is 25.2 Å². The van der Waals surface area contributed by atoms with Crippen LogP contribution in [0, 0.1) is 0 Å². The van der Waals surface area contributed by atoms with Gasteiger partial charge in [-0.05, 0) is 28.1 Å². The van der Waals surface area contributed by atoms with E-state index in [1.165, 1.54) is 23.5 Å². The van der Waals surface area contributed by atoms with Crippen LogP contribution >= 0.6 is 11.3 Å². The number of alkyl halides is 3. The predicted molar refractivity (Wildman–Crippen MR) is 146 cm³/mol. The van der Waals surface area contributed by atoms with Crippen molar-refractivity contribution in [2.24, 2.45) is 5.14 Å². The fourth-order valence-electron chi connectivity index (χ4n) is 4.00. The van der Waals surface area contributed by atoms with Crippen LogP contribution in [0.25, 0.3) is 32.7 Å². The average molecular weight is 666 g/mol. The molecule has 1 fully saturated rings. The molecule has 0 bridgehead atoms. The SMILES string of the molecule is Nc1nc2c(-c3ccc(S(=O)(=O)NCC4CNCCO4)c(S(N)(=O)=O)c3-c3nnn[nH]3)cccc2s1.O=C(O)C(F)(F)F. The summed E-state index contributed by atoms with van der Waals surface area (Å²) in [5.74, 6) is -2.85. The molecule has 5 rings (SSSR count). The van der Waals surface area contributed by atoms with Crippen molar-refractivity contribution in [1.82, 2.24) is 35.6 Å². The Labute approximate surface area is 244 Å². The lowest BCUT2D eigenvalue weighted by Crippen LogP contribution is -2.45. The number of H-pyrrole nitrogens is 1. The third-order valence-electron chi connectivity index (χ3n) is 5.75. The largest absolute Gasteiger partial charge is 0.490 e. The van der Waals surface area contributed by atoms with E-state index < -0.39 is 48.1 Å². The van der Waals surface area contributed by atoms with E-state index in [-0.39, 0.29) is 17.9 Å². The highest BCUT2D eigenvalue weighted by molar-refractivity contribution is 7.92. The molecule has 1 aliphatic rings. The number of fused-ring (bicyclic) bond motifs is 1. The van der Waals surface area contributed by atoms with Crippen molar-refractivity contribution in [3.05, 3.63) is 30.3 Å². The molecule has 232 valence electrons. The standard InChI is InChI=1S/C19H21N9O5S3.C2HF3O2/c20-19-24-16-12(2-1-3-13(16)34-19)11-4-5-14(36(31,32)23-9-10-8-22-6-7-33-10)17(35(21,29)30)15(11)18-25-27-28-26-18;3-2(4,5)1(6)7/h1-5,10,22-23H,6-9H2,(H2,20,24)(H2,21,29,30)(H,25,26,27,28);(H,6,7). The van der Waals surface area contributed by atoms with Crippen LogP contribution in [0.4, 0.5) is 18.3 Å². The van der Waals surface area contributed by atoms with Crippen molar-refractivity contribution < 1.29 is 44.6 Å². The first kappa shape index (κ1) is 32.1. The molecule has 0 aliphatic carbocycles. The van der Waals surface area contributed by atoms with E-state index in [2.05, 4.69) is 35.6 Å². The summed E-state index contributed by atoms with van der Waals surface area (Å²) in [6.45, 7) is 1.46. The zero-order valence-corrected chi connectivity index (χ0v) is 23.9. The Morgan fingerprint density at radius 1 is 1.19 bits per heavy atom. The molecule has 0 spiro atoms. The number of halogens is 3. The number of carboxylic acid groups (broad SMARTS) is 1. The number of hydrogen-bond acceptors (Lipinski definition) is 13. The number of nitrogen functional groups attached to an aromatic ring is 1.